The van der Waals surface area contributed by atoms with Crippen molar-refractivity contribution in [3.8, 4) is 0 Å². The van der Waals surface area contributed by atoms with Crippen molar-refractivity contribution in [1.82, 2.24) is 14.8 Å². The third-order valence-electron chi connectivity index (χ3n) is 6.52. The number of amides is 2. The Morgan fingerprint density at radius 1 is 1.31 bits per heavy atom. The number of pyridine rings is 1. The Balaban J connectivity index is 1.78. The smallest absolute Gasteiger partial charge is 0.258 e. The van der Waals surface area contributed by atoms with Crippen LogP contribution in [0.1, 0.15) is 50.4 Å². The number of rotatable bonds is 6. The molecule has 1 saturated carbocycles. The van der Waals surface area contributed by atoms with Crippen molar-refractivity contribution in [1.29, 1.82) is 0 Å². The lowest BCUT2D eigenvalue weighted by Crippen LogP contribution is -2.50. The SMILES string of the molecule is C/C=C\c1ccc2n(c1=O)C[C@@H]1[C@@H](CO)[C@H](C(=O)NCC)N(C(=O)CC3CC3)[C@H]21. The van der Waals surface area contributed by atoms with Gasteiger partial charge in [-0.05, 0) is 44.7 Å². The monoisotopic (exact) mass is 399 g/mol. The molecule has 29 heavy (non-hydrogen) atoms. The molecule has 0 radical (unpaired) electrons. The number of fused-ring (bicyclic) bond motifs is 3. The summed E-state index contributed by atoms with van der Waals surface area (Å²) in [6, 6.07) is 2.64. The number of nitrogens with one attached hydrogen (secondary N) is 1. The van der Waals surface area contributed by atoms with E-state index in [0.717, 1.165) is 18.5 Å². The van der Waals surface area contributed by atoms with E-state index in [-0.39, 0.29) is 41.9 Å². The molecule has 7 nitrogen and oxygen atoms in total. The van der Waals surface area contributed by atoms with Crippen LogP contribution in [0.5, 0.6) is 0 Å². The number of aliphatic hydroxyl groups excluding tert-OH is 1. The first-order valence-electron chi connectivity index (χ1n) is 10.6. The van der Waals surface area contributed by atoms with Gasteiger partial charge in [0.05, 0.1) is 6.04 Å². The molecule has 0 aromatic carbocycles. The Bertz CT molecular complexity index is 902. The van der Waals surface area contributed by atoms with Crippen molar-refractivity contribution < 1.29 is 14.7 Å². The predicted molar refractivity (Wildman–Crippen MR) is 109 cm³/mol. The zero-order chi connectivity index (χ0) is 20.7. The van der Waals surface area contributed by atoms with Crippen LogP contribution in [-0.4, -0.2) is 45.6 Å². The standard InChI is InChI=1S/C22H29N3O4/c1-3-5-14-8-9-17-19-15(11-24(17)22(14)29)16(12-26)20(21(28)23-4-2)25(19)18(27)10-13-6-7-13/h3,5,8-9,13,15-16,19-20,26H,4,6-7,10-12H2,1-2H3,(H,23,28)/b5-3-/t15-,16-,19+,20-/m1/s1. The Labute approximate surface area is 170 Å². The molecule has 2 aliphatic heterocycles. The second kappa shape index (κ2) is 7.78. The van der Waals surface area contributed by atoms with Crippen molar-refractivity contribution in [3.05, 3.63) is 39.8 Å². The molecule has 0 bridgehead atoms. The number of hydrogen-bond acceptors (Lipinski definition) is 4. The van der Waals surface area contributed by atoms with Gasteiger partial charge in [-0.25, -0.2) is 0 Å². The van der Waals surface area contributed by atoms with Crippen LogP contribution in [-0.2, 0) is 16.1 Å². The molecule has 3 heterocycles. The molecular formula is C22H29N3O4. The van der Waals surface area contributed by atoms with E-state index < -0.39 is 6.04 Å². The Morgan fingerprint density at radius 2 is 2.07 bits per heavy atom. The normalized spacial score (nSPS) is 27.9. The van der Waals surface area contributed by atoms with Gasteiger partial charge in [-0.3, -0.25) is 14.4 Å². The summed E-state index contributed by atoms with van der Waals surface area (Å²) in [6.07, 6.45) is 6.13. The Kier molecular flexibility index (Phi) is 5.34. The maximum Gasteiger partial charge on any atom is 0.258 e. The first-order chi connectivity index (χ1) is 14.0. The largest absolute Gasteiger partial charge is 0.396 e. The quantitative estimate of drug-likeness (QED) is 0.755. The second-order valence-corrected chi connectivity index (χ2v) is 8.37. The second-order valence-electron chi connectivity index (χ2n) is 8.37. The van der Waals surface area contributed by atoms with Crippen molar-refractivity contribution in [2.24, 2.45) is 17.8 Å². The topological polar surface area (TPSA) is 91.6 Å². The van der Waals surface area contributed by atoms with Gasteiger partial charge in [-0.2, -0.15) is 0 Å². The zero-order valence-electron chi connectivity index (χ0n) is 17.0. The van der Waals surface area contributed by atoms with Crippen molar-refractivity contribution in [3.63, 3.8) is 0 Å². The maximum atomic E-state index is 13.2. The maximum absolute atomic E-state index is 13.2. The molecule has 4 rings (SSSR count). The average molecular weight is 399 g/mol. The van der Waals surface area contributed by atoms with Crippen LogP contribution >= 0.6 is 0 Å². The molecule has 1 aromatic rings. The molecule has 0 unspecified atom stereocenters. The minimum Gasteiger partial charge on any atom is -0.396 e. The average Bonchev–Trinajstić information content (AvgIpc) is 3.33. The van der Waals surface area contributed by atoms with E-state index in [2.05, 4.69) is 5.32 Å². The summed E-state index contributed by atoms with van der Waals surface area (Å²) in [4.78, 5) is 40.7. The van der Waals surface area contributed by atoms with E-state index in [1.54, 1.807) is 21.6 Å². The zero-order valence-corrected chi connectivity index (χ0v) is 17.0. The minimum atomic E-state index is -0.694. The molecule has 4 atom stereocenters. The molecule has 2 N–H and O–H groups in total. The number of aliphatic hydroxyl groups is 1. The summed E-state index contributed by atoms with van der Waals surface area (Å²) in [7, 11) is 0. The van der Waals surface area contributed by atoms with Crippen LogP contribution < -0.4 is 10.9 Å². The van der Waals surface area contributed by atoms with Crippen LogP contribution in [0.4, 0.5) is 0 Å². The number of hydrogen-bond donors (Lipinski definition) is 2. The molecule has 1 aromatic heterocycles. The van der Waals surface area contributed by atoms with E-state index in [1.165, 1.54) is 0 Å². The fraction of sp³-hybridized carbons (Fsp3) is 0.591. The Morgan fingerprint density at radius 3 is 2.69 bits per heavy atom. The van der Waals surface area contributed by atoms with Crippen molar-refractivity contribution in [2.45, 2.75) is 51.7 Å². The minimum absolute atomic E-state index is 0.0480. The van der Waals surface area contributed by atoms with Crippen LogP contribution in [0.3, 0.4) is 0 Å². The molecule has 3 aliphatic rings. The third kappa shape index (κ3) is 3.31. The lowest BCUT2D eigenvalue weighted by Gasteiger charge is -2.31. The van der Waals surface area contributed by atoms with Gasteiger partial charge in [-0.1, -0.05) is 12.2 Å². The predicted octanol–water partition coefficient (Wildman–Crippen LogP) is 1.31. The van der Waals surface area contributed by atoms with Crippen molar-refractivity contribution in [2.75, 3.05) is 13.2 Å². The molecule has 156 valence electrons. The van der Waals surface area contributed by atoms with E-state index in [9.17, 15) is 19.5 Å². The molecule has 1 saturated heterocycles. The van der Waals surface area contributed by atoms with Crippen LogP contribution in [0, 0.1) is 17.8 Å². The first kappa shape index (κ1) is 19.9. The van der Waals surface area contributed by atoms with Crippen LogP contribution in [0.15, 0.2) is 23.0 Å². The molecule has 1 aliphatic carbocycles. The van der Waals surface area contributed by atoms with Crippen LogP contribution in [0.2, 0.25) is 0 Å². The van der Waals surface area contributed by atoms with Gasteiger partial charge in [-0.15, -0.1) is 0 Å². The number of aromatic nitrogens is 1. The highest BCUT2D eigenvalue weighted by Crippen LogP contribution is 2.50. The van der Waals surface area contributed by atoms with Crippen LogP contribution in [0.25, 0.3) is 6.08 Å². The van der Waals surface area contributed by atoms with Gasteiger partial charge < -0.3 is 19.9 Å². The Hall–Kier alpha value is -2.41. The number of likely N-dealkylation sites (tertiary alicyclic amines) is 1. The molecular weight excluding hydrogens is 370 g/mol. The van der Waals surface area contributed by atoms with Crippen molar-refractivity contribution >= 4 is 17.9 Å². The van der Waals surface area contributed by atoms with E-state index in [1.807, 2.05) is 26.0 Å². The third-order valence-corrected chi connectivity index (χ3v) is 6.52. The highest BCUT2D eigenvalue weighted by molar-refractivity contribution is 5.89. The van der Waals surface area contributed by atoms with Gasteiger partial charge in [0.2, 0.25) is 11.8 Å². The molecule has 2 fully saturated rings. The van der Waals surface area contributed by atoms with Gasteiger partial charge in [0, 0.05) is 49.2 Å². The number of carbonyl (C=O) groups is 2. The first-order valence-corrected chi connectivity index (χ1v) is 10.6. The number of carbonyl (C=O) groups excluding carboxylic acids is 2. The van der Waals surface area contributed by atoms with Gasteiger partial charge in [0.15, 0.2) is 0 Å². The number of nitrogens with zero attached hydrogens (tertiary/aromatic N) is 2. The summed E-state index contributed by atoms with van der Waals surface area (Å²) in [5, 5.41) is 13.0. The molecule has 7 heteroatoms. The number of likely N-dealkylation sites (N-methyl/N-ethyl adjacent to an activating group) is 1. The van der Waals surface area contributed by atoms with E-state index in [0.29, 0.717) is 31.0 Å². The fourth-order valence-electron chi connectivity index (χ4n) is 5.04. The lowest BCUT2D eigenvalue weighted by atomic mass is 9.88. The lowest BCUT2D eigenvalue weighted by molar-refractivity contribution is -0.142. The molecule has 2 amide bonds. The summed E-state index contributed by atoms with van der Waals surface area (Å²) >= 11 is 0. The van der Waals surface area contributed by atoms with Gasteiger partial charge in [0.25, 0.3) is 5.56 Å². The van der Waals surface area contributed by atoms with E-state index in [4.69, 9.17) is 0 Å². The highest BCUT2D eigenvalue weighted by atomic mass is 16.3. The summed E-state index contributed by atoms with van der Waals surface area (Å²) in [6.45, 7) is 4.40. The molecule has 0 spiro atoms. The summed E-state index contributed by atoms with van der Waals surface area (Å²) in [5.41, 5.74) is 1.28. The number of allylic oxidation sites excluding steroid dienone is 1. The summed E-state index contributed by atoms with van der Waals surface area (Å²) in [5.74, 6) is -0.411. The summed E-state index contributed by atoms with van der Waals surface area (Å²) < 4.78 is 1.72. The van der Waals surface area contributed by atoms with Gasteiger partial charge >= 0.3 is 0 Å². The van der Waals surface area contributed by atoms with Gasteiger partial charge in [0.1, 0.15) is 6.04 Å². The fourth-order valence-corrected chi connectivity index (χ4v) is 5.04. The van der Waals surface area contributed by atoms with E-state index >= 15 is 0 Å². The highest BCUT2D eigenvalue weighted by Gasteiger charge is 2.57.